The van der Waals surface area contributed by atoms with Crippen molar-refractivity contribution >= 4 is 148 Å². The van der Waals surface area contributed by atoms with Crippen LogP contribution in [0.25, 0.3) is 0 Å². The Bertz CT molecular complexity index is 45.3. The van der Waals surface area contributed by atoms with E-state index in [2.05, 4.69) is 0 Å². The second-order valence-electron chi connectivity index (χ2n) is 0.680. The maximum Gasteiger partial charge on any atom is 0 e. The van der Waals surface area contributed by atoms with Crippen LogP contribution in [0, 0.1) is 0 Å². The van der Waals surface area contributed by atoms with Gasteiger partial charge in [-0.25, -0.2) is 0 Å². The van der Waals surface area contributed by atoms with Crippen molar-refractivity contribution < 1.29 is 0 Å². The Labute approximate surface area is 145 Å². The number of halogens is 4. The van der Waals surface area contributed by atoms with Crippen LogP contribution in [0.3, 0.4) is 0 Å². The molecule has 1 aliphatic rings. The lowest BCUT2D eigenvalue weighted by atomic mass is 30.1. The highest BCUT2D eigenvalue weighted by Gasteiger charge is 2.01. The first-order valence-corrected chi connectivity index (χ1v) is 15.0. The van der Waals surface area contributed by atoms with Crippen molar-refractivity contribution in [3.63, 3.8) is 0 Å². The number of hydrogen-bond acceptors (Lipinski definition) is 10. The number of hydrogen-bond donors (Lipinski definition) is 0. The van der Waals surface area contributed by atoms with Gasteiger partial charge in [-0.05, 0) is 0 Å². The van der Waals surface area contributed by atoms with E-state index in [4.69, 9.17) is 0 Å². The zero-order chi connectivity index (χ0) is 7.07. The third kappa shape index (κ3) is 19.0. The molecule has 0 N–H and O–H groups in total. The predicted molar refractivity (Wildman–Crippen MR) is 105 cm³/mol. The first-order chi connectivity index (χ1) is 5.00. The van der Waals surface area contributed by atoms with Crippen LogP contribution in [0.2, 0.25) is 0 Å². The van der Waals surface area contributed by atoms with Crippen LogP contribution in [-0.2, 0) is 0 Å². The van der Waals surface area contributed by atoms with Gasteiger partial charge in [-0.1, -0.05) is 0 Å². The molecule has 0 aromatic carbocycles. The van der Waals surface area contributed by atoms with Gasteiger partial charge < -0.3 is 0 Å². The molecule has 0 atom stereocenters. The van der Waals surface area contributed by atoms with E-state index in [0.717, 1.165) is 0 Å². The largest absolute Gasteiger partial charge is 0.147 e. The summed E-state index contributed by atoms with van der Waals surface area (Å²) in [7, 11) is 18.3. The number of rotatable bonds is 0. The molecular weight excluding hydrogens is 462 g/mol. The second-order valence-corrected chi connectivity index (χ2v) is 18.4. The van der Waals surface area contributed by atoms with E-state index in [9.17, 15) is 0 Å². The van der Waals surface area contributed by atoms with Gasteiger partial charge in [0, 0.05) is 98.3 Å². The summed E-state index contributed by atoms with van der Waals surface area (Å²) in [5.41, 5.74) is 0. The van der Waals surface area contributed by atoms with E-state index in [1.165, 1.54) is 0 Å². The second kappa shape index (κ2) is 22.8. The molecule has 1 heterocycles. The van der Waals surface area contributed by atoms with Crippen LogP contribution in [0.15, 0.2) is 0 Å². The van der Waals surface area contributed by atoms with Gasteiger partial charge in [0.05, 0.1) is 0 Å². The van der Waals surface area contributed by atoms with Crippen LogP contribution in [0.5, 0.6) is 0 Å². The summed E-state index contributed by atoms with van der Waals surface area (Å²) in [6.07, 6.45) is 0. The molecular formula is H4Cl4S10. The van der Waals surface area contributed by atoms with E-state index >= 15 is 0 Å². The SMILES string of the molecule is Cl.Cl.Cl.Cl.S1SSSSSSSSS1. The lowest BCUT2D eigenvalue weighted by molar-refractivity contribution is 5.59. The molecule has 0 unspecified atom stereocenters. The van der Waals surface area contributed by atoms with Gasteiger partial charge >= 0.3 is 0 Å². The lowest BCUT2D eigenvalue weighted by Crippen LogP contribution is -1.35. The third-order valence-electron chi connectivity index (χ3n) is 0.278. The van der Waals surface area contributed by atoms with E-state index in [0.29, 0.717) is 0 Å². The summed E-state index contributed by atoms with van der Waals surface area (Å²) in [5.74, 6) is 0. The molecule has 0 aromatic rings. The van der Waals surface area contributed by atoms with Crippen LogP contribution < -0.4 is 0 Å². The fourth-order valence-electron chi connectivity index (χ4n) is 0.113. The minimum Gasteiger partial charge on any atom is -0.147 e. The fourth-order valence-corrected chi connectivity index (χ4v) is 27.6. The first-order valence-electron chi connectivity index (χ1n) is 1.67. The summed E-state index contributed by atoms with van der Waals surface area (Å²) >= 11 is 0. The molecule has 1 rings (SSSR count). The van der Waals surface area contributed by atoms with Crippen molar-refractivity contribution in [1.82, 2.24) is 0 Å². The topological polar surface area (TPSA) is 0 Å². The molecule has 0 amide bonds. The zero-order valence-electron chi connectivity index (χ0n) is 5.72. The fraction of sp³-hybridized carbons (Fsp3) is 0. The van der Waals surface area contributed by atoms with Gasteiger partial charge in [0.2, 0.25) is 0 Å². The van der Waals surface area contributed by atoms with Crippen molar-refractivity contribution in [2.75, 3.05) is 0 Å². The van der Waals surface area contributed by atoms with Gasteiger partial charge in [0.15, 0.2) is 0 Å². The average Bonchev–Trinajstić information content (AvgIpc) is 2.01. The summed E-state index contributed by atoms with van der Waals surface area (Å²) in [5, 5.41) is 0. The minimum atomic E-state index is 0. The highest BCUT2D eigenvalue weighted by atomic mass is 35.5. The van der Waals surface area contributed by atoms with Gasteiger partial charge in [0.25, 0.3) is 0 Å². The molecule has 0 radical (unpaired) electrons. The van der Waals surface area contributed by atoms with Crippen LogP contribution in [0.1, 0.15) is 0 Å². The quantitative estimate of drug-likeness (QED) is 0.319. The molecule has 0 spiro atoms. The van der Waals surface area contributed by atoms with E-state index in [-0.39, 0.29) is 49.6 Å². The monoisotopic (exact) mass is 464 g/mol. The third-order valence-corrected chi connectivity index (χ3v) is 22.5. The Morgan fingerprint density at radius 2 is 0.286 bits per heavy atom. The molecule has 0 aromatic heterocycles. The molecule has 14 heavy (non-hydrogen) atoms. The molecule has 92 valence electrons. The zero-order valence-corrected chi connectivity index (χ0v) is 17.1. The Balaban J connectivity index is -0.000000125. The van der Waals surface area contributed by atoms with Crippen LogP contribution >= 0.6 is 148 Å². The molecule has 1 fully saturated rings. The summed E-state index contributed by atoms with van der Waals surface area (Å²) < 4.78 is 0. The predicted octanol–water partition coefficient (Wildman–Crippen LogP) is 8.17. The maximum absolute atomic E-state index is 1.83. The van der Waals surface area contributed by atoms with E-state index < -0.39 is 0 Å². The highest BCUT2D eigenvalue weighted by Crippen LogP contribution is 2.66. The molecule has 1 aliphatic heterocycles. The van der Waals surface area contributed by atoms with Crippen molar-refractivity contribution in [3.05, 3.63) is 0 Å². The lowest BCUT2D eigenvalue weighted by Gasteiger charge is -2.00. The molecule has 1 saturated heterocycles. The van der Waals surface area contributed by atoms with Crippen molar-refractivity contribution in [3.8, 4) is 0 Å². The van der Waals surface area contributed by atoms with Crippen molar-refractivity contribution in [2.24, 2.45) is 0 Å². The van der Waals surface area contributed by atoms with Gasteiger partial charge in [0.1, 0.15) is 0 Å². The highest BCUT2D eigenvalue weighted by molar-refractivity contribution is 9.60. The van der Waals surface area contributed by atoms with Crippen LogP contribution in [0.4, 0.5) is 0 Å². The van der Waals surface area contributed by atoms with Gasteiger partial charge in [-0.15, -0.1) is 49.6 Å². The van der Waals surface area contributed by atoms with E-state index in [1.807, 2.05) is 98.3 Å². The maximum atomic E-state index is 1.83. The van der Waals surface area contributed by atoms with Crippen LogP contribution in [-0.4, -0.2) is 0 Å². The Hall–Kier alpha value is 4.66. The van der Waals surface area contributed by atoms with Gasteiger partial charge in [-0.2, -0.15) is 0 Å². The van der Waals surface area contributed by atoms with Crippen molar-refractivity contribution in [1.29, 1.82) is 0 Å². The standard InChI is InChI=1S/4ClH.S10/c;;;;1-2-4-6-8-10-9-7-5-3-1/h4*1H;. The molecule has 14 heteroatoms. The molecule has 0 nitrogen and oxygen atoms in total. The molecule has 0 saturated carbocycles. The Morgan fingerprint density at radius 1 is 0.214 bits per heavy atom. The summed E-state index contributed by atoms with van der Waals surface area (Å²) in [4.78, 5) is 0. The van der Waals surface area contributed by atoms with Gasteiger partial charge in [-0.3, -0.25) is 0 Å². The molecule has 0 aliphatic carbocycles. The average molecular weight is 467 g/mol. The normalized spacial score (nSPS) is 17.1. The van der Waals surface area contributed by atoms with Crippen molar-refractivity contribution in [2.45, 2.75) is 0 Å². The Morgan fingerprint density at radius 3 is 0.357 bits per heavy atom. The minimum absolute atomic E-state index is 0. The summed E-state index contributed by atoms with van der Waals surface area (Å²) in [6, 6.07) is 0. The van der Waals surface area contributed by atoms with E-state index in [1.54, 1.807) is 0 Å². The Kier molecular flexibility index (Phi) is 44.1. The first kappa shape index (κ1) is 27.1. The molecule has 0 bridgehead atoms. The smallest absolute Gasteiger partial charge is 0 e. The summed E-state index contributed by atoms with van der Waals surface area (Å²) in [6.45, 7) is 0.